The average Bonchev–Trinajstić information content (AvgIpc) is 3.45. The van der Waals surface area contributed by atoms with Crippen molar-refractivity contribution in [2.45, 2.75) is 13.6 Å². The van der Waals surface area contributed by atoms with Gasteiger partial charge in [0.05, 0.1) is 4.88 Å². The molecule has 0 aliphatic carbocycles. The molecule has 8 heteroatoms. The van der Waals surface area contributed by atoms with E-state index >= 15 is 0 Å². The van der Waals surface area contributed by atoms with Crippen LogP contribution in [0.15, 0.2) is 71.4 Å². The molecule has 0 fully saturated rings. The predicted octanol–water partition coefficient (Wildman–Crippen LogP) is 7.27. The number of thiophene rings is 1. The van der Waals surface area contributed by atoms with Gasteiger partial charge in [-0.1, -0.05) is 42.9 Å². The van der Waals surface area contributed by atoms with Crippen LogP contribution in [0, 0.1) is 0 Å². The minimum Gasteiger partial charge on any atom is -0.361 e. The van der Waals surface area contributed by atoms with Crippen molar-refractivity contribution in [3.63, 3.8) is 0 Å². The average molecular weight is 427 g/mol. The maximum Gasteiger partial charge on any atom is 0.426 e. The molecule has 1 N–H and O–H groups in total. The van der Waals surface area contributed by atoms with Crippen LogP contribution < -0.4 is 0 Å². The van der Waals surface area contributed by atoms with Crippen molar-refractivity contribution < 1.29 is 17.7 Å². The third kappa shape index (κ3) is 3.50. The molecule has 3 heterocycles. The molecule has 0 aliphatic heterocycles. The summed E-state index contributed by atoms with van der Waals surface area (Å²) in [5.74, 6) is 0.387. The van der Waals surface area contributed by atoms with E-state index in [2.05, 4.69) is 15.1 Å². The standard InChI is InChI=1S/C21H12F3N3OS.CH4/c22-21(23,24)18-15(12-4-2-1-3-5-12)11-17(29-18)20-26-19(27-28-20)14-6-7-16-13(10-14)8-9-25-16;/h1-11,25H;1H4. The normalized spacial score (nSPS) is 11.6. The number of alkyl halides is 3. The van der Waals surface area contributed by atoms with Gasteiger partial charge >= 0.3 is 6.18 Å². The van der Waals surface area contributed by atoms with Gasteiger partial charge in [0, 0.05) is 28.2 Å². The van der Waals surface area contributed by atoms with E-state index in [0.29, 0.717) is 22.7 Å². The Labute approximate surface area is 174 Å². The van der Waals surface area contributed by atoms with Crippen LogP contribution in [0.3, 0.4) is 0 Å². The number of aromatic nitrogens is 3. The lowest BCUT2D eigenvalue weighted by atomic mass is 10.1. The van der Waals surface area contributed by atoms with Crippen molar-refractivity contribution in [2.75, 3.05) is 0 Å². The molecule has 4 nitrogen and oxygen atoms in total. The maximum atomic E-state index is 13.6. The van der Waals surface area contributed by atoms with E-state index in [1.165, 1.54) is 6.07 Å². The Morgan fingerprint density at radius 3 is 2.50 bits per heavy atom. The lowest BCUT2D eigenvalue weighted by Crippen LogP contribution is -2.03. The van der Waals surface area contributed by atoms with Crippen molar-refractivity contribution >= 4 is 22.2 Å². The molecule has 0 amide bonds. The zero-order valence-electron chi connectivity index (χ0n) is 14.7. The molecule has 5 rings (SSSR count). The fraction of sp³-hybridized carbons (Fsp3) is 0.0909. The van der Waals surface area contributed by atoms with Crippen molar-refractivity contribution in [3.05, 3.63) is 71.7 Å². The van der Waals surface area contributed by atoms with Gasteiger partial charge in [0.2, 0.25) is 5.82 Å². The highest BCUT2D eigenvalue weighted by atomic mass is 32.1. The Hall–Kier alpha value is -3.39. The monoisotopic (exact) mass is 427 g/mol. The second-order valence-electron chi connectivity index (χ2n) is 6.42. The first-order chi connectivity index (χ1) is 14.0. The van der Waals surface area contributed by atoms with Crippen molar-refractivity contribution in [1.82, 2.24) is 15.1 Å². The minimum absolute atomic E-state index is 0. The lowest BCUT2D eigenvalue weighted by molar-refractivity contribution is -0.133. The van der Waals surface area contributed by atoms with E-state index in [9.17, 15) is 13.2 Å². The summed E-state index contributed by atoms with van der Waals surface area (Å²) in [7, 11) is 0. The summed E-state index contributed by atoms with van der Waals surface area (Å²) in [6, 6.07) is 17.4. The second-order valence-corrected chi connectivity index (χ2v) is 7.47. The number of nitrogens with one attached hydrogen (secondary N) is 1. The van der Waals surface area contributed by atoms with Gasteiger partial charge in [-0.3, -0.25) is 0 Å². The first-order valence-corrected chi connectivity index (χ1v) is 9.49. The number of fused-ring (bicyclic) bond motifs is 1. The zero-order valence-corrected chi connectivity index (χ0v) is 15.5. The van der Waals surface area contributed by atoms with Crippen LogP contribution >= 0.6 is 11.3 Å². The van der Waals surface area contributed by atoms with Gasteiger partial charge in [-0.2, -0.15) is 18.2 Å². The fourth-order valence-corrected chi connectivity index (χ4v) is 4.14. The van der Waals surface area contributed by atoms with E-state index in [4.69, 9.17) is 4.52 Å². The summed E-state index contributed by atoms with van der Waals surface area (Å²) < 4.78 is 46.1. The number of halogens is 3. The third-order valence-corrected chi connectivity index (χ3v) is 5.69. The topological polar surface area (TPSA) is 54.7 Å². The third-order valence-electron chi connectivity index (χ3n) is 4.52. The van der Waals surface area contributed by atoms with Crippen molar-refractivity contribution in [2.24, 2.45) is 0 Å². The summed E-state index contributed by atoms with van der Waals surface area (Å²) in [4.78, 5) is 7.01. The largest absolute Gasteiger partial charge is 0.426 e. The number of H-pyrrole nitrogens is 1. The molecule has 0 radical (unpaired) electrons. The molecule has 0 unspecified atom stereocenters. The van der Waals surface area contributed by atoms with Crippen LogP contribution in [0.1, 0.15) is 12.3 Å². The number of hydrogen-bond donors (Lipinski definition) is 1. The van der Waals surface area contributed by atoms with E-state index in [-0.39, 0.29) is 23.8 Å². The molecule has 0 bridgehead atoms. The van der Waals surface area contributed by atoms with Gasteiger partial charge in [-0.15, -0.1) is 11.3 Å². The molecule has 2 aromatic carbocycles. The Bertz CT molecular complexity index is 1300. The molecule has 0 aliphatic rings. The van der Waals surface area contributed by atoms with Gasteiger partial charge in [0.1, 0.15) is 4.88 Å². The highest BCUT2D eigenvalue weighted by molar-refractivity contribution is 7.16. The number of benzene rings is 2. The zero-order chi connectivity index (χ0) is 20.0. The number of nitrogens with zero attached hydrogens (tertiary/aromatic N) is 2. The summed E-state index contributed by atoms with van der Waals surface area (Å²) in [5.41, 5.74) is 2.28. The van der Waals surface area contributed by atoms with E-state index in [1.54, 1.807) is 30.3 Å². The van der Waals surface area contributed by atoms with Crippen LogP contribution in [0.25, 0.3) is 44.2 Å². The minimum atomic E-state index is -4.48. The Kier molecular flexibility index (Phi) is 4.95. The Balaban J connectivity index is 0.00000218. The Morgan fingerprint density at radius 2 is 1.73 bits per heavy atom. The smallest absolute Gasteiger partial charge is 0.361 e. The van der Waals surface area contributed by atoms with Gasteiger partial charge in [0.25, 0.3) is 5.89 Å². The molecule has 3 aromatic heterocycles. The SMILES string of the molecule is C.FC(F)(F)c1sc(-c2nc(-c3ccc4[nH]ccc4c3)no2)cc1-c1ccccc1. The molecular weight excluding hydrogens is 411 g/mol. The quantitative estimate of drug-likeness (QED) is 0.329. The first kappa shape index (κ1) is 19.9. The van der Waals surface area contributed by atoms with Crippen molar-refractivity contribution in [1.29, 1.82) is 0 Å². The van der Waals surface area contributed by atoms with Crippen LogP contribution in [-0.2, 0) is 6.18 Å². The van der Waals surface area contributed by atoms with Crippen LogP contribution in [0.4, 0.5) is 13.2 Å². The van der Waals surface area contributed by atoms with Crippen LogP contribution in [-0.4, -0.2) is 15.1 Å². The molecular formula is C22H16F3N3OS. The second kappa shape index (κ2) is 7.46. The molecule has 152 valence electrons. The number of hydrogen-bond acceptors (Lipinski definition) is 4. The molecule has 0 saturated carbocycles. The molecule has 30 heavy (non-hydrogen) atoms. The van der Waals surface area contributed by atoms with Gasteiger partial charge in [-0.25, -0.2) is 0 Å². The van der Waals surface area contributed by atoms with Gasteiger partial charge in [-0.05, 0) is 35.9 Å². The summed E-state index contributed by atoms with van der Waals surface area (Å²) in [6.07, 6.45) is -2.65. The number of rotatable bonds is 3. The van der Waals surface area contributed by atoms with Crippen molar-refractivity contribution in [3.8, 4) is 33.3 Å². The molecule has 0 atom stereocenters. The fourth-order valence-electron chi connectivity index (χ4n) is 3.17. The summed E-state index contributed by atoms with van der Waals surface area (Å²) in [6.45, 7) is 0. The Morgan fingerprint density at radius 1 is 0.933 bits per heavy atom. The number of aromatic amines is 1. The van der Waals surface area contributed by atoms with E-state index < -0.39 is 11.1 Å². The lowest BCUT2D eigenvalue weighted by Gasteiger charge is -2.07. The molecule has 0 saturated heterocycles. The highest BCUT2D eigenvalue weighted by Crippen LogP contribution is 2.45. The molecule has 5 aromatic rings. The predicted molar refractivity (Wildman–Crippen MR) is 112 cm³/mol. The summed E-state index contributed by atoms with van der Waals surface area (Å²) >= 11 is 0.601. The van der Waals surface area contributed by atoms with Gasteiger partial charge in [0.15, 0.2) is 0 Å². The van der Waals surface area contributed by atoms with E-state index in [1.807, 2.05) is 30.5 Å². The van der Waals surface area contributed by atoms with Gasteiger partial charge < -0.3 is 9.51 Å². The first-order valence-electron chi connectivity index (χ1n) is 8.67. The van der Waals surface area contributed by atoms with Crippen LogP contribution in [0.2, 0.25) is 0 Å². The maximum absolute atomic E-state index is 13.6. The van der Waals surface area contributed by atoms with E-state index in [0.717, 1.165) is 16.5 Å². The van der Waals surface area contributed by atoms with Crippen LogP contribution in [0.5, 0.6) is 0 Å². The summed E-state index contributed by atoms with van der Waals surface area (Å²) in [5, 5.41) is 4.94. The highest BCUT2D eigenvalue weighted by Gasteiger charge is 2.37. The molecule has 0 spiro atoms.